The molecular weight excluding hydrogens is 429 g/mol. The van der Waals surface area contributed by atoms with Gasteiger partial charge in [0, 0.05) is 31.7 Å². The van der Waals surface area contributed by atoms with Gasteiger partial charge in [-0.15, -0.1) is 0 Å². The van der Waals surface area contributed by atoms with Gasteiger partial charge in [0.25, 0.3) is 17.6 Å². The van der Waals surface area contributed by atoms with Crippen molar-refractivity contribution in [1.82, 2.24) is 9.80 Å². The number of Topliss-reactive ketones (excluding diaryl/α,β-unsaturated/α-hetero) is 1. The number of nitrogens with zero attached hydrogens (tertiary/aromatic N) is 2. The summed E-state index contributed by atoms with van der Waals surface area (Å²) in [5, 5.41) is 0. The van der Waals surface area contributed by atoms with Gasteiger partial charge in [0.2, 0.25) is 0 Å². The van der Waals surface area contributed by atoms with Gasteiger partial charge < -0.3 is 19.3 Å². The lowest BCUT2D eigenvalue weighted by molar-refractivity contribution is -0.138. The highest BCUT2D eigenvalue weighted by Crippen LogP contribution is 2.32. The fourth-order valence-electron chi connectivity index (χ4n) is 3.44. The maximum absolute atomic E-state index is 13.2. The van der Waals surface area contributed by atoms with Crippen LogP contribution in [0.4, 0.5) is 13.2 Å². The molecule has 2 aromatic carbocycles. The average molecular weight is 450 g/mol. The number of ether oxygens (including phenoxy) is 2. The van der Waals surface area contributed by atoms with Gasteiger partial charge in [0.1, 0.15) is 0 Å². The van der Waals surface area contributed by atoms with E-state index in [1.807, 2.05) is 0 Å². The predicted octanol–water partition coefficient (Wildman–Crippen LogP) is 2.89. The number of carbonyl (C=O) groups excluding carboxylic acids is 3. The number of carbonyl (C=O) groups is 3. The van der Waals surface area contributed by atoms with Gasteiger partial charge in [0.15, 0.2) is 11.5 Å². The van der Waals surface area contributed by atoms with Crippen LogP contribution in [0.25, 0.3) is 0 Å². The molecule has 170 valence electrons. The van der Waals surface area contributed by atoms with Crippen molar-refractivity contribution in [1.29, 1.82) is 0 Å². The Labute approximate surface area is 182 Å². The minimum Gasteiger partial charge on any atom is -0.493 e. The highest BCUT2D eigenvalue weighted by Gasteiger charge is 2.37. The zero-order valence-electron chi connectivity index (χ0n) is 17.4. The molecule has 0 bridgehead atoms. The van der Waals surface area contributed by atoms with Gasteiger partial charge in [-0.1, -0.05) is 12.1 Å². The number of rotatable bonds is 5. The van der Waals surface area contributed by atoms with E-state index in [1.165, 1.54) is 54.4 Å². The van der Waals surface area contributed by atoms with Gasteiger partial charge in [-0.25, -0.2) is 0 Å². The van der Waals surface area contributed by atoms with Crippen LogP contribution >= 0.6 is 0 Å². The second-order valence-electron chi connectivity index (χ2n) is 7.03. The molecule has 3 rings (SSSR count). The molecule has 0 N–H and O–H groups in total. The van der Waals surface area contributed by atoms with Crippen molar-refractivity contribution in [2.24, 2.45) is 0 Å². The van der Waals surface area contributed by atoms with Crippen molar-refractivity contribution in [3.05, 3.63) is 59.2 Å². The predicted molar refractivity (Wildman–Crippen MR) is 108 cm³/mol. The Kier molecular flexibility index (Phi) is 6.71. The maximum atomic E-state index is 13.2. The van der Waals surface area contributed by atoms with E-state index in [4.69, 9.17) is 9.47 Å². The number of hydrogen-bond acceptors (Lipinski definition) is 5. The van der Waals surface area contributed by atoms with Crippen LogP contribution in [0.1, 0.15) is 26.3 Å². The number of methoxy groups -OCH3 is 2. The largest absolute Gasteiger partial charge is 0.493 e. The van der Waals surface area contributed by atoms with Crippen molar-refractivity contribution in [2.45, 2.75) is 6.18 Å². The Balaban J connectivity index is 1.68. The molecule has 0 unspecified atom stereocenters. The topological polar surface area (TPSA) is 76.2 Å². The Morgan fingerprint density at radius 3 is 2.03 bits per heavy atom. The second-order valence-corrected chi connectivity index (χ2v) is 7.03. The van der Waals surface area contributed by atoms with E-state index in [0.717, 1.165) is 12.1 Å². The van der Waals surface area contributed by atoms with Crippen molar-refractivity contribution >= 4 is 17.6 Å². The third kappa shape index (κ3) is 4.68. The van der Waals surface area contributed by atoms with Gasteiger partial charge in [-0.2, -0.15) is 13.2 Å². The second kappa shape index (κ2) is 9.29. The minimum atomic E-state index is -4.66. The molecular formula is C22H21F3N2O5. The lowest BCUT2D eigenvalue weighted by Gasteiger charge is -2.34. The molecule has 0 saturated carbocycles. The molecule has 0 radical (unpaired) electrons. The van der Waals surface area contributed by atoms with Crippen molar-refractivity contribution in [3.8, 4) is 11.5 Å². The summed E-state index contributed by atoms with van der Waals surface area (Å²) in [6, 6.07) is 8.91. The van der Waals surface area contributed by atoms with Crippen LogP contribution in [0.2, 0.25) is 0 Å². The molecule has 2 amide bonds. The Morgan fingerprint density at radius 1 is 0.844 bits per heavy atom. The summed E-state index contributed by atoms with van der Waals surface area (Å²) < 4.78 is 49.9. The quantitative estimate of drug-likeness (QED) is 0.517. The molecule has 0 atom stereocenters. The first-order valence-electron chi connectivity index (χ1n) is 9.68. The number of alkyl halides is 3. The smallest absolute Gasteiger partial charge is 0.417 e. The lowest BCUT2D eigenvalue weighted by Crippen LogP contribution is -2.52. The first-order valence-corrected chi connectivity index (χ1v) is 9.68. The highest BCUT2D eigenvalue weighted by atomic mass is 19.4. The van der Waals surface area contributed by atoms with E-state index in [0.29, 0.717) is 11.5 Å². The van der Waals surface area contributed by atoms with Crippen LogP contribution in [-0.2, 0) is 11.0 Å². The first kappa shape index (κ1) is 23.1. The summed E-state index contributed by atoms with van der Waals surface area (Å²) >= 11 is 0. The maximum Gasteiger partial charge on any atom is 0.417 e. The van der Waals surface area contributed by atoms with Crippen LogP contribution in [0.15, 0.2) is 42.5 Å². The first-order chi connectivity index (χ1) is 15.2. The molecule has 7 nitrogen and oxygen atoms in total. The monoisotopic (exact) mass is 450 g/mol. The number of benzene rings is 2. The fourth-order valence-corrected chi connectivity index (χ4v) is 3.44. The summed E-state index contributed by atoms with van der Waals surface area (Å²) in [4.78, 5) is 40.4. The average Bonchev–Trinajstić information content (AvgIpc) is 2.81. The zero-order valence-corrected chi connectivity index (χ0v) is 17.4. The van der Waals surface area contributed by atoms with Crippen LogP contribution in [0.5, 0.6) is 11.5 Å². The summed E-state index contributed by atoms with van der Waals surface area (Å²) in [5.74, 6) is -1.59. The number of hydrogen-bond donors (Lipinski definition) is 0. The lowest BCUT2D eigenvalue weighted by atomic mass is 10.1. The normalized spacial score (nSPS) is 14.2. The molecule has 1 saturated heterocycles. The molecule has 0 aliphatic carbocycles. The SMILES string of the molecule is COc1ccc(C(=O)C(=O)N2CCN(C(=O)c3ccccc3C(F)(F)F)CC2)cc1OC. The van der Waals surface area contributed by atoms with Crippen LogP contribution in [-0.4, -0.2) is 67.8 Å². The van der Waals surface area contributed by atoms with Crippen molar-refractivity contribution in [3.63, 3.8) is 0 Å². The summed E-state index contributed by atoms with van der Waals surface area (Å²) in [6.07, 6.45) is -4.66. The Bertz CT molecular complexity index is 1030. The zero-order chi connectivity index (χ0) is 23.5. The minimum absolute atomic E-state index is 0.00990. The summed E-state index contributed by atoms with van der Waals surface area (Å²) in [6.45, 7) is 0.0710. The van der Waals surface area contributed by atoms with E-state index < -0.39 is 34.9 Å². The van der Waals surface area contributed by atoms with E-state index in [9.17, 15) is 27.6 Å². The van der Waals surface area contributed by atoms with E-state index in [2.05, 4.69) is 0 Å². The summed E-state index contributed by atoms with van der Waals surface area (Å²) in [7, 11) is 2.85. The van der Waals surface area contributed by atoms with Gasteiger partial charge in [-0.05, 0) is 30.3 Å². The number of piperazine rings is 1. The molecule has 1 aliphatic rings. The van der Waals surface area contributed by atoms with Gasteiger partial charge in [-0.3, -0.25) is 14.4 Å². The van der Waals surface area contributed by atoms with E-state index in [1.54, 1.807) is 0 Å². The molecule has 1 aliphatic heterocycles. The number of halogens is 3. The van der Waals surface area contributed by atoms with Gasteiger partial charge >= 0.3 is 6.18 Å². The van der Waals surface area contributed by atoms with Crippen molar-refractivity contribution < 1.29 is 37.0 Å². The molecule has 1 fully saturated rings. The molecule has 10 heteroatoms. The number of amides is 2. The standard InChI is InChI=1S/C22H21F3N2O5/c1-31-17-8-7-14(13-18(17)32-2)19(28)21(30)27-11-9-26(10-12-27)20(29)15-5-3-4-6-16(15)22(23,24)25/h3-8,13H,9-12H2,1-2H3. The van der Waals surface area contributed by atoms with Crippen molar-refractivity contribution in [2.75, 3.05) is 40.4 Å². The van der Waals surface area contributed by atoms with Crippen LogP contribution in [0.3, 0.4) is 0 Å². The third-order valence-electron chi connectivity index (χ3n) is 5.16. The molecule has 0 spiro atoms. The van der Waals surface area contributed by atoms with Gasteiger partial charge in [0.05, 0.1) is 25.3 Å². The number of ketones is 1. The van der Waals surface area contributed by atoms with Crippen LogP contribution in [0, 0.1) is 0 Å². The molecule has 32 heavy (non-hydrogen) atoms. The van der Waals surface area contributed by atoms with Crippen LogP contribution < -0.4 is 9.47 Å². The Morgan fingerprint density at radius 2 is 1.44 bits per heavy atom. The third-order valence-corrected chi connectivity index (χ3v) is 5.16. The highest BCUT2D eigenvalue weighted by molar-refractivity contribution is 6.42. The molecule has 0 aromatic heterocycles. The van der Waals surface area contributed by atoms with E-state index >= 15 is 0 Å². The molecule has 1 heterocycles. The fraction of sp³-hybridized carbons (Fsp3) is 0.318. The summed E-state index contributed by atoms with van der Waals surface area (Å²) in [5.41, 5.74) is -1.33. The molecule has 2 aromatic rings. The Hall–Kier alpha value is -3.56. The van der Waals surface area contributed by atoms with E-state index in [-0.39, 0.29) is 31.7 Å².